The molecule has 0 radical (unpaired) electrons. The first-order valence-electron chi connectivity index (χ1n) is 5.87. The molecule has 2 rings (SSSR count). The molecular formula is C15H16Br2N2O. The van der Waals surface area contributed by atoms with Crippen LogP contribution in [0.4, 0.5) is 11.4 Å². The van der Waals surface area contributed by atoms with E-state index in [1.54, 1.807) is 0 Å². The van der Waals surface area contributed by atoms with Crippen LogP contribution in [0.2, 0.25) is 0 Å². The van der Waals surface area contributed by atoms with Gasteiger partial charge in [-0.15, -0.1) is 0 Å². The zero-order chi connectivity index (χ0) is 15.1. The Hall–Kier alpha value is -1.33. The lowest BCUT2D eigenvalue weighted by Gasteiger charge is -2.11. The SMILES string of the molecule is CN(C)c1ccc(C=O)cc1.Nc1cc(Br)ccc1Br. The van der Waals surface area contributed by atoms with Crippen LogP contribution < -0.4 is 10.6 Å². The molecule has 0 atom stereocenters. The largest absolute Gasteiger partial charge is 0.398 e. The Morgan fingerprint density at radius 3 is 2.05 bits per heavy atom. The van der Waals surface area contributed by atoms with Gasteiger partial charge in [0, 0.05) is 40.0 Å². The fraction of sp³-hybridized carbons (Fsp3) is 0.133. The highest BCUT2D eigenvalue weighted by molar-refractivity contribution is 9.11. The summed E-state index contributed by atoms with van der Waals surface area (Å²) in [5.74, 6) is 0. The number of hydrogen-bond donors (Lipinski definition) is 1. The van der Waals surface area contributed by atoms with Crippen LogP contribution in [0.5, 0.6) is 0 Å². The van der Waals surface area contributed by atoms with Gasteiger partial charge in [0.1, 0.15) is 6.29 Å². The highest BCUT2D eigenvalue weighted by Gasteiger charge is 1.93. The number of nitrogen functional groups attached to an aromatic ring is 1. The molecule has 106 valence electrons. The maximum atomic E-state index is 10.3. The minimum Gasteiger partial charge on any atom is -0.398 e. The summed E-state index contributed by atoms with van der Waals surface area (Å²) in [6.45, 7) is 0. The van der Waals surface area contributed by atoms with Gasteiger partial charge in [-0.2, -0.15) is 0 Å². The Bertz CT molecular complexity index is 569. The number of nitrogens with zero attached hydrogens (tertiary/aromatic N) is 1. The lowest BCUT2D eigenvalue weighted by atomic mass is 10.2. The van der Waals surface area contributed by atoms with Crippen LogP contribution in [0.1, 0.15) is 10.4 Å². The van der Waals surface area contributed by atoms with E-state index in [0.717, 1.165) is 32.2 Å². The molecule has 5 heteroatoms. The lowest BCUT2D eigenvalue weighted by molar-refractivity contribution is 0.112. The summed E-state index contributed by atoms with van der Waals surface area (Å²) in [4.78, 5) is 12.3. The summed E-state index contributed by atoms with van der Waals surface area (Å²) < 4.78 is 1.94. The van der Waals surface area contributed by atoms with Gasteiger partial charge in [-0.25, -0.2) is 0 Å². The van der Waals surface area contributed by atoms with Crippen LogP contribution in [0.25, 0.3) is 0 Å². The fourth-order valence-electron chi connectivity index (χ4n) is 1.37. The van der Waals surface area contributed by atoms with Crippen LogP contribution in [0, 0.1) is 0 Å². The molecule has 0 fully saturated rings. The van der Waals surface area contributed by atoms with E-state index in [4.69, 9.17) is 5.73 Å². The molecule has 0 heterocycles. The van der Waals surface area contributed by atoms with E-state index in [2.05, 4.69) is 31.9 Å². The second-order valence-electron chi connectivity index (χ2n) is 4.27. The molecule has 0 unspecified atom stereocenters. The van der Waals surface area contributed by atoms with Crippen LogP contribution in [0.15, 0.2) is 51.4 Å². The summed E-state index contributed by atoms with van der Waals surface area (Å²) in [6.07, 6.45) is 0.847. The summed E-state index contributed by atoms with van der Waals surface area (Å²) in [7, 11) is 3.94. The summed E-state index contributed by atoms with van der Waals surface area (Å²) in [5.41, 5.74) is 8.12. The van der Waals surface area contributed by atoms with Gasteiger partial charge in [-0.3, -0.25) is 4.79 Å². The van der Waals surface area contributed by atoms with Gasteiger partial charge in [-0.05, 0) is 58.4 Å². The third-order valence-electron chi connectivity index (χ3n) is 2.50. The quantitative estimate of drug-likeness (QED) is 0.602. The molecule has 2 aromatic rings. The maximum absolute atomic E-state index is 10.3. The molecular weight excluding hydrogens is 384 g/mol. The van der Waals surface area contributed by atoms with E-state index in [9.17, 15) is 4.79 Å². The predicted molar refractivity (Wildman–Crippen MR) is 92.4 cm³/mol. The molecule has 0 spiro atoms. The van der Waals surface area contributed by atoms with Crippen molar-refractivity contribution in [2.75, 3.05) is 24.7 Å². The van der Waals surface area contributed by atoms with Crippen molar-refractivity contribution in [2.24, 2.45) is 0 Å². The van der Waals surface area contributed by atoms with E-state index in [0.29, 0.717) is 0 Å². The number of nitrogens with two attached hydrogens (primary N) is 1. The number of benzene rings is 2. The lowest BCUT2D eigenvalue weighted by Crippen LogP contribution is -2.08. The average molecular weight is 400 g/mol. The predicted octanol–water partition coefficient (Wildman–Crippen LogP) is 4.36. The summed E-state index contributed by atoms with van der Waals surface area (Å²) in [6, 6.07) is 13.1. The fourth-order valence-corrected chi connectivity index (χ4v) is 1.99. The normalized spacial score (nSPS) is 9.40. The van der Waals surface area contributed by atoms with Crippen molar-refractivity contribution in [2.45, 2.75) is 0 Å². The van der Waals surface area contributed by atoms with Crippen molar-refractivity contribution in [1.82, 2.24) is 0 Å². The topological polar surface area (TPSA) is 46.3 Å². The zero-order valence-electron chi connectivity index (χ0n) is 11.3. The number of aldehydes is 1. The molecule has 0 bridgehead atoms. The standard InChI is InChI=1S/C9H11NO.C6H5Br2N/c1-10(2)9-5-3-8(7-11)4-6-9;7-4-1-2-5(8)6(9)3-4/h3-7H,1-2H3;1-3H,9H2. The third kappa shape index (κ3) is 5.35. The Kier molecular flexibility index (Phi) is 6.75. The Morgan fingerprint density at radius 1 is 1.05 bits per heavy atom. The molecule has 2 aromatic carbocycles. The first-order chi connectivity index (χ1) is 9.43. The zero-order valence-corrected chi connectivity index (χ0v) is 14.5. The number of hydrogen-bond acceptors (Lipinski definition) is 3. The van der Waals surface area contributed by atoms with E-state index in [-0.39, 0.29) is 0 Å². The molecule has 2 N–H and O–H groups in total. The second-order valence-corrected chi connectivity index (χ2v) is 6.04. The first kappa shape index (κ1) is 16.7. The highest BCUT2D eigenvalue weighted by Crippen LogP contribution is 2.22. The second kappa shape index (κ2) is 8.07. The molecule has 3 nitrogen and oxygen atoms in total. The smallest absolute Gasteiger partial charge is 0.150 e. The maximum Gasteiger partial charge on any atom is 0.150 e. The van der Waals surface area contributed by atoms with E-state index < -0.39 is 0 Å². The van der Waals surface area contributed by atoms with Gasteiger partial charge >= 0.3 is 0 Å². The molecule has 0 aliphatic carbocycles. The van der Waals surface area contributed by atoms with E-state index >= 15 is 0 Å². The van der Waals surface area contributed by atoms with Crippen LogP contribution >= 0.6 is 31.9 Å². The van der Waals surface area contributed by atoms with E-state index in [1.807, 2.05) is 61.5 Å². The van der Waals surface area contributed by atoms with Crippen LogP contribution in [-0.4, -0.2) is 20.4 Å². The van der Waals surface area contributed by atoms with Crippen molar-refractivity contribution in [3.63, 3.8) is 0 Å². The monoisotopic (exact) mass is 398 g/mol. The summed E-state index contributed by atoms with van der Waals surface area (Å²) in [5, 5.41) is 0. The minimum absolute atomic E-state index is 0.718. The number of anilines is 2. The minimum atomic E-state index is 0.718. The van der Waals surface area contributed by atoms with E-state index in [1.165, 1.54) is 0 Å². The van der Waals surface area contributed by atoms with Crippen molar-refractivity contribution in [3.8, 4) is 0 Å². The summed E-state index contributed by atoms with van der Waals surface area (Å²) >= 11 is 6.58. The van der Waals surface area contributed by atoms with Gasteiger partial charge in [0.25, 0.3) is 0 Å². The Morgan fingerprint density at radius 2 is 1.65 bits per heavy atom. The number of carbonyl (C=O) groups excluding carboxylic acids is 1. The average Bonchev–Trinajstić information content (AvgIpc) is 2.44. The number of rotatable bonds is 2. The highest BCUT2D eigenvalue weighted by atomic mass is 79.9. The van der Waals surface area contributed by atoms with Gasteiger partial charge < -0.3 is 10.6 Å². The Labute approximate surface area is 136 Å². The van der Waals surface area contributed by atoms with Crippen LogP contribution in [-0.2, 0) is 0 Å². The molecule has 0 aliphatic rings. The third-order valence-corrected chi connectivity index (χ3v) is 3.72. The number of halogens is 2. The molecule has 0 saturated carbocycles. The molecule has 0 saturated heterocycles. The molecule has 0 aliphatic heterocycles. The molecule has 0 aromatic heterocycles. The molecule has 0 amide bonds. The van der Waals surface area contributed by atoms with Crippen molar-refractivity contribution < 1.29 is 4.79 Å². The Balaban J connectivity index is 0.000000204. The molecule has 20 heavy (non-hydrogen) atoms. The van der Waals surface area contributed by atoms with Gasteiger partial charge in [0.2, 0.25) is 0 Å². The van der Waals surface area contributed by atoms with Crippen molar-refractivity contribution in [1.29, 1.82) is 0 Å². The van der Waals surface area contributed by atoms with Crippen molar-refractivity contribution in [3.05, 3.63) is 57.0 Å². The van der Waals surface area contributed by atoms with Crippen LogP contribution in [0.3, 0.4) is 0 Å². The first-order valence-corrected chi connectivity index (χ1v) is 7.45. The van der Waals surface area contributed by atoms with Gasteiger partial charge in [0.05, 0.1) is 0 Å². The van der Waals surface area contributed by atoms with Crippen molar-refractivity contribution >= 4 is 49.5 Å². The number of carbonyl (C=O) groups is 1. The van der Waals surface area contributed by atoms with Gasteiger partial charge in [-0.1, -0.05) is 15.9 Å². The van der Waals surface area contributed by atoms with Gasteiger partial charge in [0.15, 0.2) is 0 Å².